The van der Waals surface area contributed by atoms with Crippen LogP contribution in [0.15, 0.2) is 59.7 Å². The summed E-state index contributed by atoms with van der Waals surface area (Å²) < 4.78 is 1.33. The van der Waals surface area contributed by atoms with Crippen LogP contribution in [0.1, 0.15) is 26.3 Å². The highest BCUT2D eigenvalue weighted by Crippen LogP contribution is 2.07. The fourth-order valence-electron chi connectivity index (χ4n) is 2.48. The quantitative estimate of drug-likeness (QED) is 0.769. The van der Waals surface area contributed by atoms with Crippen LogP contribution in [0.25, 0.3) is 5.65 Å². The van der Waals surface area contributed by atoms with E-state index in [0.717, 1.165) is 5.56 Å². The Bertz CT molecular complexity index is 1020. The molecule has 7 heteroatoms. The predicted molar refractivity (Wildman–Crippen MR) is 97.1 cm³/mol. The van der Waals surface area contributed by atoms with Crippen LogP contribution in [0.3, 0.4) is 0 Å². The van der Waals surface area contributed by atoms with Crippen molar-refractivity contribution in [2.75, 3.05) is 14.1 Å². The average Bonchev–Trinajstić information content (AvgIpc) is 2.66. The lowest BCUT2D eigenvalue weighted by atomic mass is 10.1. The van der Waals surface area contributed by atoms with Gasteiger partial charge in [0.05, 0.1) is 0 Å². The molecule has 1 aromatic carbocycles. The van der Waals surface area contributed by atoms with Gasteiger partial charge in [-0.05, 0) is 29.8 Å². The Kier molecular flexibility index (Phi) is 4.79. The molecule has 0 saturated heterocycles. The number of pyridine rings is 1. The summed E-state index contributed by atoms with van der Waals surface area (Å²) >= 11 is 0. The number of rotatable bonds is 4. The van der Waals surface area contributed by atoms with Gasteiger partial charge in [0.1, 0.15) is 11.2 Å². The first-order valence-electron chi connectivity index (χ1n) is 8.02. The number of benzene rings is 1. The van der Waals surface area contributed by atoms with E-state index in [9.17, 15) is 14.4 Å². The minimum Gasteiger partial charge on any atom is -0.348 e. The molecule has 0 aliphatic carbocycles. The van der Waals surface area contributed by atoms with Crippen molar-refractivity contribution in [1.82, 2.24) is 19.6 Å². The van der Waals surface area contributed by atoms with Gasteiger partial charge in [0, 0.05) is 38.6 Å². The zero-order valence-electron chi connectivity index (χ0n) is 14.5. The molecule has 2 aromatic heterocycles. The smallest absolute Gasteiger partial charge is 0.270 e. The van der Waals surface area contributed by atoms with E-state index in [1.165, 1.54) is 15.5 Å². The van der Waals surface area contributed by atoms with E-state index in [1.807, 2.05) is 0 Å². The van der Waals surface area contributed by atoms with Crippen molar-refractivity contribution < 1.29 is 9.59 Å². The zero-order chi connectivity index (χ0) is 18.7. The molecule has 1 N–H and O–H groups in total. The Morgan fingerprint density at radius 3 is 2.54 bits per heavy atom. The molecule has 0 radical (unpaired) electrons. The number of hydrogen-bond acceptors (Lipinski definition) is 4. The minimum atomic E-state index is -0.491. The topological polar surface area (TPSA) is 83.8 Å². The van der Waals surface area contributed by atoms with Crippen molar-refractivity contribution in [1.29, 1.82) is 0 Å². The lowest BCUT2D eigenvalue weighted by molar-refractivity contribution is 0.0827. The maximum Gasteiger partial charge on any atom is 0.270 e. The van der Waals surface area contributed by atoms with Crippen molar-refractivity contribution in [3.63, 3.8) is 0 Å². The van der Waals surface area contributed by atoms with Crippen LogP contribution in [-0.4, -0.2) is 40.2 Å². The van der Waals surface area contributed by atoms with E-state index in [-0.39, 0.29) is 18.0 Å². The Balaban J connectivity index is 1.72. The first kappa shape index (κ1) is 17.3. The van der Waals surface area contributed by atoms with Crippen molar-refractivity contribution in [2.45, 2.75) is 6.54 Å². The number of carbonyl (C=O) groups is 2. The summed E-state index contributed by atoms with van der Waals surface area (Å²) in [6.07, 6.45) is 2.85. The molecule has 0 bridgehead atoms. The third kappa shape index (κ3) is 3.46. The summed E-state index contributed by atoms with van der Waals surface area (Å²) in [5.41, 5.74) is 1.44. The maximum absolute atomic E-state index is 12.4. The normalized spacial score (nSPS) is 10.5. The van der Waals surface area contributed by atoms with Crippen LogP contribution < -0.4 is 10.9 Å². The van der Waals surface area contributed by atoms with Gasteiger partial charge in [0.25, 0.3) is 17.4 Å². The van der Waals surface area contributed by atoms with Gasteiger partial charge in [-0.3, -0.25) is 18.8 Å². The number of amides is 2. The van der Waals surface area contributed by atoms with E-state index in [4.69, 9.17) is 0 Å². The molecule has 0 aliphatic rings. The van der Waals surface area contributed by atoms with Gasteiger partial charge in [-0.25, -0.2) is 4.98 Å². The van der Waals surface area contributed by atoms with Gasteiger partial charge in [0.15, 0.2) is 0 Å². The number of fused-ring (bicyclic) bond motifs is 1. The molecule has 26 heavy (non-hydrogen) atoms. The van der Waals surface area contributed by atoms with Gasteiger partial charge < -0.3 is 10.2 Å². The Morgan fingerprint density at radius 1 is 1.12 bits per heavy atom. The molecule has 0 spiro atoms. The molecular weight excluding hydrogens is 332 g/mol. The highest BCUT2D eigenvalue weighted by atomic mass is 16.2. The monoisotopic (exact) mass is 350 g/mol. The largest absolute Gasteiger partial charge is 0.348 e. The molecular formula is C19H18N4O3. The second-order valence-electron chi connectivity index (χ2n) is 5.99. The maximum atomic E-state index is 12.4. The van der Waals surface area contributed by atoms with E-state index < -0.39 is 11.5 Å². The molecule has 2 heterocycles. The van der Waals surface area contributed by atoms with Crippen LogP contribution >= 0.6 is 0 Å². The summed E-state index contributed by atoms with van der Waals surface area (Å²) in [6.45, 7) is 0.242. The predicted octanol–water partition coefficient (Wildman–Crippen LogP) is 1.33. The standard InChI is InChI=1S/C19H18N4O3/c1-22(2)18(25)14-8-6-13(7-9-14)11-21-17(24)15-12-20-16-5-3-4-10-23(16)19(15)26/h3-10,12H,11H2,1-2H3,(H,21,24). The van der Waals surface area contributed by atoms with E-state index >= 15 is 0 Å². The number of carbonyl (C=O) groups excluding carboxylic acids is 2. The molecule has 0 saturated carbocycles. The number of nitrogens with zero attached hydrogens (tertiary/aromatic N) is 3. The Hall–Kier alpha value is -3.48. The van der Waals surface area contributed by atoms with Crippen molar-refractivity contribution >= 4 is 17.5 Å². The summed E-state index contributed by atoms with van der Waals surface area (Å²) in [7, 11) is 3.37. The van der Waals surface area contributed by atoms with Gasteiger partial charge in [-0.2, -0.15) is 0 Å². The first-order chi connectivity index (χ1) is 12.5. The SMILES string of the molecule is CN(C)C(=O)c1ccc(CNC(=O)c2cnc3ccccn3c2=O)cc1. The van der Waals surface area contributed by atoms with Gasteiger partial charge >= 0.3 is 0 Å². The number of aromatic nitrogens is 2. The lowest BCUT2D eigenvalue weighted by Crippen LogP contribution is -2.31. The van der Waals surface area contributed by atoms with Crippen LogP contribution in [0.2, 0.25) is 0 Å². The third-order valence-electron chi connectivity index (χ3n) is 3.92. The zero-order valence-corrected chi connectivity index (χ0v) is 14.5. The molecule has 0 aliphatic heterocycles. The summed E-state index contributed by atoms with van der Waals surface area (Å²) in [5, 5.41) is 2.70. The molecule has 3 aromatic rings. The Labute approximate surface area is 149 Å². The molecule has 0 fully saturated rings. The van der Waals surface area contributed by atoms with Gasteiger partial charge in [0.2, 0.25) is 0 Å². The average molecular weight is 350 g/mol. The lowest BCUT2D eigenvalue weighted by Gasteiger charge is -2.11. The van der Waals surface area contributed by atoms with Crippen LogP contribution in [-0.2, 0) is 6.54 Å². The fourth-order valence-corrected chi connectivity index (χ4v) is 2.48. The van der Waals surface area contributed by atoms with Crippen molar-refractivity contribution in [2.24, 2.45) is 0 Å². The first-order valence-corrected chi connectivity index (χ1v) is 8.02. The Morgan fingerprint density at radius 2 is 1.85 bits per heavy atom. The highest BCUT2D eigenvalue weighted by Gasteiger charge is 2.13. The van der Waals surface area contributed by atoms with Crippen molar-refractivity contribution in [3.05, 3.63) is 81.9 Å². The second-order valence-corrected chi connectivity index (χ2v) is 5.99. The third-order valence-corrected chi connectivity index (χ3v) is 3.92. The molecule has 0 atom stereocenters. The molecule has 7 nitrogen and oxygen atoms in total. The minimum absolute atomic E-state index is 0.0203. The number of hydrogen-bond donors (Lipinski definition) is 1. The number of nitrogens with one attached hydrogen (secondary N) is 1. The molecule has 0 unspecified atom stereocenters. The molecule has 132 valence electrons. The summed E-state index contributed by atoms with van der Waals surface area (Å²) in [6, 6.07) is 12.1. The van der Waals surface area contributed by atoms with Gasteiger partial charge in [-0.1, -0.05) is 18.2 Å². The fraction of sp³-hybridized carbons (Fsp3) is 0.158. The highest BCUT2D eigenvalue weighted by molar-refractivity contribution is 5.94. The van der Waals surface area contributed by atoms with Gasteiger partial charge in [-0.15, -0.1) is 0 Å². The van der Waals surface area contributed by atoms with E-state index in [0.29, 0.717) is 11.2 Å². The molecule has 2 amide bonds. The van der Waals surface area contributed by atoms with Crippen LogP contribution in [0.4, 0.5) is 0 Å². The molecule has 3 rings (SSSR count). The van der Waals surface area contributed by atoms with E-state index in [1.54, 1.807) is 62.8 Å². The van der Waals surface area contributed by atoms with E-state index in [2.05, 4.69) is 10.3 Å². The second kappa shape index (κ2) is 7.18. The van der Waals surface area contributed by atoms with Crippen molar-refractivity contribution in [3.8, 4) is 0 Å². The van der Waals surface area contributed by atoms with Crippen LogP contribution in [0, 0.1) is 0 Å². The summed E-state index contributed by atoms with van der Waals surface area (Å²) in [4.78, 5) is 42.2. The summed E-state index contributed by atoms with van der Waals surface area (Å²) in [5.74, 6) is -0.579. The van der Waals surface area contributed by atoms with Crippen LogP contribution in [0.5, 0.6) is 0 Å².